The lowest BCUT2D eigenvalue weighted by Gasteiger charge is -2.16. The van der Waals surface area contributed by atoms with Gasteiger partial charge in [-0.2, -0.15) is 0 Å². The quantitative estimate of drug-likeness (QED) is 0.613. The zero-order valence-corrected chi connectivity index (χ0v) is 8.11. The topological polar surface area (TPSA) is 72.3 Å². The molecule has 0 saturated carbocycles. The highest BCUT2D eigenvalue weighted by Gasteiger charge is 2.13. The first-order chi connectivity index (χ1) is 6.65. The fraction of sp³-hybridized carbons (Fsp3) is 0.273. The number of aliphatic hydroxyl groups is 1. The van der Waals surface area contributed by atoms with Gasteiger partial charge in [0.25, 0.3) is 0 Å². The van der Waals surface area contributed by atoms with E-state index in [4.69, 9.17) is 11.5 Å². The van der Waals surface area contributed by atoms with Crippen LogP contribution in [0, 0.1) is 0 Å². The molecule has 0 amide bonds. The first kappa shape index (κ1) is 10.8. The van der Waals surface area contributed by atoms with Crippen molar-refractivity contribution >= 4 is 0 Å². The van der Waals surface area contributed by atoms with Gasteiger partial charge in [0.2, 0.25) is 0 Å². The molecule has 0 aromatic heterocycles. The molecule has 14 heavy (non-hydrogen) atoms. The molecule has 76 valence electrons. The van der Waals surface area contributed by atoms with Crippen molar-refractivity contribution in [3.05, 3.63) is 47.7 Å². The Hall–Kier alpha value is -1.32. The van der Waals surface area contributed by atoms with E-state index in [2.05, 4.69) is 6.58 Å². The minimum absolute atomic E-state index is 0.516. The molecule has 1 unspecified atom stereocenters. The average molecular weight is 192 g/mol. The maximum Gasteiger partial charge on any atom is 0.104 e. The summed E-state index contributed by atoms with van der Waals surface area (Å²) in [7, 11) is 0. The maximum atomic E-state index is 9.70. The number of allylic oxidation sites excluding steroid dienone is 2. The van der Waals surface area contributed by atoms with Gasteiger partial charge in [0, 0.05) is 5.70 Å². The van der Waals surface area contributed by atoms with Gasteiger partial charge in [-0.1, -0.05) is 24.8 Å². The Morgan fingerprint density at radius 3 is 3.00 bits per heavy atom. The van der Waals surface area contributed by atoms with E-state index in [-0.39, 0.29) is 0 Å². The summed E-state index contributed by atoms with van der Waals surface area (Å²) in [6.45, 7) is 4.24. The maximum absolute atomic E-state index is 9.70. The van der Waals surface area contributed by atoms with Crippen molar-refractivity contribution in [2.75, 3.05) is 6.54 Å². The molecule has 3 heteroatoms. The number of aliphatic hydroxyl groups excluding tert-OH is 1. The van der Waals surface area contributed by atoms with E-state index in [9.17, 15) is 5.11 Å². The van der Waals surface area contributed by atoms with Crippen LogP contribution in [0.1, 0.15) is 6.42 Å². The molecule has 3 nitrogen and oxygen atoms in total. The molecule has 0 heterocycles. The Balaban J connectivity index is 2.78. The highest BCUT2D eigenvalue weighted by Crippen LogP contribution is 2.18. The normalized spacial score (nSPS) is 22.4. The van der Waals surface area contributed by atoms with Crippen molar-refractivity contribution in [2.24, 2.45) is 11.5 Å². The van der Waals surface area contributed by atoms with Crippen molar-refractivity contribution in [2.45, 2.75) is 12.5 Å². The van der Waals surface area contributed by atoms with Crippen LogP contribution in [0.2, 0.25) is 0 Å². The van der Waals surface area contributed by atoms with Crippen molar-refractivity contribution in [1.29, 1.82) is 0 Å². The Labute approximate surface area is 84.1 Å². The molecule has 0 aromatic rings. The van der Waals surface area contributed by atoms with E-state index in [0.717, 1.165) is 5.57 Å². The van der Waals surface area contributed by atoms with Crippen molar-refractivity contribution in [3.63, 3.8) is 0 Å². The van der Waals surface area contributed by atoms with Gasteiger partial charge in [0.05, 0.1) is 0 Å². The fourth-order valence-electron chi connectivity index (χ4n) is 1.26. The van der Waals surface area contributed by atoms with Crippen molar-refractivity contribution < 1.29 is 5.11 Å². The van der Waals surface area contributed by atoms with E-state index < -0.39 is 6.10 Å². The molecule has 0 aliphatic heterocycles. The number of hydrogen-bond acceptors (Lipinski definition) is 3. The number of hydrogen-bond donors (Lipinski definition) is 3. The second-order valence-corrected chi connectivity index (χ2v) is 3.26. The van der Waals surface area contributed by atoms with Gasteiger partial charge in [-0.15, -0.1) is 0 Å². The Kier molecular flexibility index (Phi) is 3.68. The van der Waals surface area contributed by atoms with Gasteiger partial charge < -0.3 is 16.6 Å². The molecule has 1 rings (SSSR count). The summed E-state index contributed by atoms with van der Waals surface area (Å²) in [6.07, 6.45) is 7.20. The van der Waals surface area contributed by atoms with Crippen LogP contribution in [0.4, 0.5) is 0 Å². The van der Waals surface area contributed by atoms with Gasteiger partial charge in [-0.3, -0.25) is 0 Å². The van der Waals surface area contributed by atoms with E-state index in [1.807, 2.05) is 12.2 Å². The molecule has 0 spiro atoms. The van der Waals surface area contributed by atoms with Crippen LogP contribution in [-0.4, -0.2) is 17.8 Å². The van der Waals surface area contributed by atoms with E-state index >= 15 is 0 Å². The highest BCUT2D eigenvalue weighted by molar-refractivity contribution is 5.43. The lowest BCUT2D eigenvalue weighted by atomic mass is 9.96. The molecule has 0 bridgehead atoms. The van der Waals surface area contributed by atoms with Crippen LogP contribution in [0.5, 0.6) is 0 Å². The summed E-state index contributed by atoms with van der Waals surface area (Å²) in [4.78, 5) is 0. The molecular formula is C11H16N2O. The molecule has 5 N–H and O–H groups in total. The standard InChI is InChI=1S/C11H16N2O/c1-8-3-2-4-9(11(8)14)7-10(13)5-6-12/h2-4,7,11,14H,1,5-6,12-13H2. The molecule has 0 saturated heterocycles. The number of rotatable bonds is 3. The first-order valence-corrected chi connectivity index (χ1v) is 4.56. The largest absolute Gasteiger partial charge is 0.402 e. The monoisotopic (exact) mass is 192 g/mol. The molecule has 1 atom stereocenters. The van der Waals surface area contributed by atoms with Gasteiger partial charge in [0.15, 0.2) is 0 Å². The van der Waals surface area contributed by atoms with Crippen LogP contribution in [0.3, 0.4) is 0 Å². The van der Waals surface area contributed by atoms with Crippen LogP contribution in [0.25, 0.3) is 0 Å². The number of nitrogens with two attached hydrogens (primary N) is 2. The van der Waals surface area contributed by atoms with E-state index in [1.54, 1.807) is 12.2 Å². The van der Waals surface area contributed by atoms with Crippen molar-refractivity contribution in [1.82, 2.24) is 0 Å². The lowest BCUT2D eigenvalue weighted by Crippen LogP contribution is -2.15. The van der Waals surface area contributed by atoms with Gasteiger partial charge >= 0.3 is 0 Å². The molecule has 0 fully saturated rings. The summed E-state index contributed by atoms with van der Waals surface area (Å²) < 4.78 is 0. The van der Waals surface area contributed by atoms with Crippen LogP contribution < -0.4 is 11.5 Å². The zero-order valence-electron chi connectivity index (χ0n) is 8.11. The zero-order chi connectivity index (χ0) is 10.6. The third kappa shape index (κ3) is 2.58. The molecule has 0 aromatic carbocycles. The second kappa shape index (κ2) is 4.79. The van der Waals surface area contributed by atoms with E-state index in [1.165, 1.54) is 0 Å². The predicted molar refractivity (Wildman–Crippen MR) is 58.3 cm³/mol. The highest BCUT2D eigenvalue weighted by atomic mass is 16.3. The summed E-state index contributed by atoms with van der Waals surface area (Å²) in [5, 5.41) is 9.70. The third-order valence-corrected chi connectivity index (χ3v) is 2.05. The van der Waals surface area contributed by atoms with Gasteiger partial charge in [0.1, 0.15) is 6.10 Å². The summed E-state index contributed by atoms with van der Waals surface area (Å²) >= 11 is 0. The van der Waals surface area contributed by atoms with Crippen LogP contribution >= 0.6 is 0 Å². The van der Waals surface area contributed by atoms with Crippen LogP contribution in [-0.2, 0) is 0 Å². The summed E-state index contributed by atoms with van der Waals surface area (Å²) in [5.74, 6) is 0. The van der Waals surface area contributed by atoms with Gasteiger partial charge in [-0.05, 0) is 30.2 Å². The summed E-state index contributed by atoms with van der Waals surface area (Å²) in [6, 6.07) is 0. The van der Waals surface area contributed by atoms with Crippen LogP contribution in [0.15, 0.2) is 47.7 Å². The van der Waals surface area contributed by atoms with Crippen molar-refractivity contribution in [3.8, 4) is 0 Å². The van der Waals surface area contributed by atoms with Gasteiger partial charge in [-0.25, -0.2) is 0 Å². The first-order valence-electron chi connectivity index (χ1n) is 4.56. The fourth-order valence-corrected chi connectivity index (χ4v) is 1.26. The smallest absolute Gasteiger partial charge is 0.104 e. The molecular weight excluding hydrogens is 176 g/mol. The van der Waals surface area contributed by atoms with E-state index in [0.29, 0.717) is 24.2 Å². The summed E-state index contributed by atoms with van der Waals surface area (Å²) in [5.41, 5.74) is 13.2. The molecule has 0 radical (unpaired) electrons. The minimum Gasteiger partial charge on any atom is -0.402 e. The SMILES string of the molecule is C=C1C=CC=C(C=C(N)CCN)C1O. The molecule has 1 aliphatic carbocycles. The Morgan fingerprint density at radius 1 is 1.64 bits per heavy atom. The second-order valence-electron chi connectivity index (χ2n) is 3.26. The Morgan fingerprint density at radius 2 is 2.36 bits per heavy atom. The molecule has 1 aliphatic rings. The third-order valence-electron chi connectivity index (χ3n) is 2.05. The Bertz CT molecular complexity index is 313. The lowest BCUT2D eigenvalue weighted by molar-refractivity contribution is 0.254. The average Bonchev–Trinajstić information content (AvgIpc) is 2.13. The predicted octanol–water partition coefficient (Wildman–Crippen LogP) is 0.591. The minimum atomic E-state index is -0.642.